The molecule has 0 aromatic heterocycles. The Bertz CT molecular complexity index is 486. The standard InChI is InChI=1S/C12H18NO6P/c1-9(2)18-12(14)10(3)13(19-20(15,16)17)11-7-5-4-6-8-11/h4-10H,1-3H3,(H2,15,16,17)/t10-/m0/s1. The summed E-state index contributed by atoms with van der Waals surface area (Å²) in [5.74, 6) is -0.641. The number of anilines is 1. The monoisotopic (exact) mass is 303 g/mol. The first-order valence-corrected chi connectivity index (χ1v) is 7.54. The van der Waals surface area contributed by atoms with Gasteiger partial charge in [-0.2, -0.15) is 4.62 Å². The van der Waals surface area contributed by atoms with E-state index in [0.717, 1.165) is 5.06 Å². The molecule has 0 saturated carbocycles. The molecule has 0 aliphatic rings. The Morgan fingerprint density at radius 1 is 1.20 bits per heavy atom. The highest BCUT2D eigenvalue weighted by Crippen LogP contribution is 2.39. The fourth-order valence-electron chi connectivity index (χ4n) is 1.46. The summed E-state index contributed by atoms with van der Waals surface area (Å²) >= 11 is 0. The van der Waals surface area contributed by atoms with Gasteiger partial charge in [0, 0.05) is 0 Å². The van der Waals surface area contributed by atoms with E-state index < -0.39 is 19.8 Å². The summed E-state index contributed by atoms with van der Waals surface area (Å²) < 4.78 is 20.6. The van der Waals surface area contributed by atoms with Gasteiger partial charge in [-0.25, -0.2) is 14.4 Å². The molecule has 0 amide bonds. The molecule has 1 aromatic rings. The lowest BCUT2D eigenvalue weighted by Gasteiger charge is -2.28. The van der Waals surface area contributed by atoms with Gasteiger partial charge in [-0.1, -0.05) is 18.2 Å². The van der Waals surface area contributed by atoms with Crippen molar-refractivity contribution >= 4 is 19.5 Å². The Kier molecular flexibility index (Phi) is 5.71. The lowest BCUT2D eigenvalue weighted by atomic mass is 10.2. The Labute approximate surface area is 117 Å². The van der Waals surface area contributed by atoms with Crippen molar-refractivity contribution in [3.05, 3.63) is 30.3 Å². The van der Waals surface area contributed by atoms with Crippen LogP contribution in [-0.4, -0.2) is 27.9 Å². The Morgan fingerprint density at radius 3 is 2.20 bits per heavy atom. The summed E-state index contributed by atoms with van der Waals surface area (Å²) in [5, 5.41) is 0.853. The third-order valence-electron chi connectivity index (χ3n) is 2.25. The smallest absolute Gasteiger partial charge is 0.461 e. The fourth-order valence-corrected chi connectivity index (χ4v) is 1.92. The molecule has 0 aliphatic carbocycles. The number of esters is 1. The van der Waals surface area contributed by atoms with E-state index in [1.807, 2.05) is 0 Å². The van der Waals surface area contributed by atoms with Crippen LogP contribution in [0, 0.1) is 0 Å². The zero-order valence-corrected chi connectivity index (χ0v) is 12.4. The van der Waals surface area contributed by atoms with E-state index in [0.29, 0.717) is 5.69 Å². The van der Waals surface area contributed by atoms with Crippen molar-refractivity contribution in [2.24, 2.45) is 0 Å². The average Bonchev–Trinajstić information content (AvgIpc) is 2.34. The Balaban J connectivity index is 2.99. The molecule has 0 radical (unpaired) electrons. The van der Waals surface area contributed by atoms with Crippen molar-refractivity contribution in [3.8, 4) is 0 Å². The molecular formula is C12H18NO6P. The quantitative estimate of drug-likeness (QED) is 0.470. The minimum absolute atomic E-state index is 0.336. The maximum Gasteiger partial charge on any atom is 0.491 e. The van der Waals surface area contributed by atoms with Gasteiger partial charge in [-0.05, 0) is 32.9 Å². The molecule has 0 bridgehead atoms. The number of hydroxylamine groups is 1. The number of hydrogen-bond acceptors (Lipinski definition) is 5. The zero-order valence-electron chi connectivity index (χ0n) is 11.5. The van der Waals surface area contributed by atoms with Crippen LogP contribution >= 0.6 is 7.82 Å². The van der Waals surface area contributed by atoms with E-state index in [2.05, 4.69) is 4.62 Å². The molecule has 0 spiro atoms. The molecule has 1 atom stereocenters. The topological polar surface area (TPSA) is 96.3 Å². The van der Waals surface area contributed by atoms with Crippen LogP contribution in [-0.2, 0) is 18.7 Å². The number of phosphoric acid groups is 1. The lowest BCUT2D eigenvalue weighted by molar-refractivity contribution is -0.149. The number of hydrogen-bond donors (Lipinski definition) is 2. The number of para-hydroxylation sites is 1. The van der Waals surface area contributed by atoms with Crippen molar-refractivity contribution in [1.82, 2.24) is 0 Å². The average molecular weight is 303 g/mol. The highest BCUT2D eigenvalue weighted by atomic mass is 31.2. The first-order chi connectivity index (χ1) is 9.20. The maximum atomic E-state index is 11.9. The fraction of sp³-hybridized carbons (Fsp3) is 0.417. The number of carbonyl (C=O) groups is 1. The van der Waals surface area contributed by atoms with Gasteiger partial charge in [0.1, 0.15) is 0 Å². The number of benzene rings is 1. The molecule has 8 heteroatoms. The number of rotatable bonds is 6. The third kappa shape index (κ3) is 5.30. The van der Waals surface area contributed by atoms with Gasteiger partial charge in [0.2, 0.25) is 0 Å². The van der Waals surface area contributed by atoms with Crippen molar-refractivity contribution in [2.45, 2.75) is 32.9 Å². The van der Waals surface area contributed by atoms with Gasteiger partial charge in [0.25, 0.3) is 0 Å². The first kappa shape index (κ1) is 16.7. The van der Waals surface area contributed by atoms with Crippen LogP contribution in [0.15, 0.2) is 30.3 Å². The molecule has 0 fully saturated rings. The molecule has 0 heterocycles. The van der Waals surface area contributed by atoms with Crippen LogP contribution in [0.1, 0.15) is 20.8 Å². The Hall–Kier alpha value is -1.40. The molecular weight excluding hydrogens is 285 g/mol. The first-order valence-electron chi connectivity index (χ1n) is 6.00. The van der Waals surface area contributed by atoms with Crippen LogP contribution in [0.4, 0.5) is 5.69 Å². The summed E-state index contributed by atoms with van der Waals surface area (Å²) in [6.07, 6.45) is -0.336. The molecule has 2 N–H and O–H groups in total. The number of nitrogens with zero attached hydrogens (tertiary/aromatic N) is 1. The second-order valence-corrected chi connectivity index (χ2v) is 5.54. The van der Waals surface area contributed by atoms with Crippen LogP contribution in [0.5, 0.6) is 0 Å². The van der Waals surface area contributed by atoms with Gasteiger partial charge < -0.3 is 14.5 Å². The second-order valence-electron chi connectivity index (χ2n) is 4.40. The van der Waals surface area contributed by atoms with Crippen molar-refractivity contribution in [3.63, 3.8) is 0 Å². The number of ether oxygens (including phenoxy) is 1. The van der Waals surface area contributed by atoms with E-state index >= 15 is 0 Å². The van der Waals surface area contributed by atoms with Crippen LogP contribution < -0.4 is 5.06 Å². The van der Waals surface area contributed by atoms with Crippen LogP contribution in [0.25, 0.3) is 0 Å². The van der Waals surface area contributed by atoms with Crippen molar-refractivity contribution in [1.29, 1.82) is 0 Å². The van der Waals surface area contributed by atoms with E-state index in [1.165, 1.54) is 6.92 Å². The van der Waals surface area contributed by atoms with Crippen molar-refractivity contribution < 1.29 is 28.5 Å². The van der Waals surface area contributed by atoms with Gasteiger partial charge in [-0.3, -0.25) is 0 Å². The SMILES string of the molecule is CC(C)OC(=O)[C@H](C)N(OP(=O)(O)O)c1ccccc1. The minimum Gasteiger partial charge on any atom is -0.461 e. The predicted molar refractivity (Wildman–Crippen MR) is 72.7 cm³/mol. The highest BCUT2D eigenvalue weighted by Gasteiger charge is 2.30. The lowest BCUT2D eigenvalue weighted by Crippen LogP contribution is -2.40. The highest BCUT2D eigenvalue weighted by molar-refractivity contribution is 7.46. The molecule has 20 heavy (non-hydrogen) atoms. The summed E-state index contributed by atoms with van der Waals surface area (Å²) in [4.78, 5) is 29.8. The van der Waals surface area contributed by atoms with Crippen LogP contribution in [0.3, 0.4) is 0 Å². The molecule has 0 unspecified atom stereocenters. The van der Waals surface area contributed by atoms with E-state index in [-0.39, 0.29) is 6.10 Å². The largest absolute Gasteiger partial charge is 0.491 e. The molecule has 0 saturated heterocycles. The van der Waals surface area contributed by atoms with Crippen LogP contribution in [0.2, 0.25) is 0 Å². The molecule has 1 rings (SSSR count). The molecule has 0 aliphatic heterocycles. The summed E-state index contributed by atoms with van der Waals surface area (Å²) in [5.41, 5.74) is 0.337. The normalized spacial score (nSPS) is 13.1. The van der Waals surface area contributed by atoms with Crippen molar-refractivity contribution in [2.75, 3.05) is 5.06 Å². The minimum atomic E-state index is -4.80. The number of carbonyl (C=O) groups excluding carboxylic acids is 1. The van der Waals surface area contributed by atoms with E-state index in [9.17, 15) is 9.36 Å². The zero-order chi connectivity index (χ0) is 15.3. The summed E-state index contributed by atoms with van der Waals surface area (Å²) in [7, 11) is -4.80. The summed E-state index contributed by atoms with van der Waals surface area (Å²) in [6.45, 7) is 4.80. The van der Waals surface area contributed by atoms with E-state index in [4.69, 9.17) is 14.5 Å². The van der Waals surface area contributed by atoms with Gasteiger partial charge in [-0.15, -0.1) is 0 Å². The summed E-state index contributed by atoms with van der Waals surface area (Å²) in [6, 6.07) is 7.17. The molecule has 7 nitrogen and oxygen atoms in total. The maximum absolute atomic E-state index is 11.9. The second kappa shape index (κ2) is 6.85. The van der Waals surface area contributed by atoms with Gasteiger partial charge in [0.15, 0.2) is 6.04 Å². The van der Waals surface area contributed by atoms with E-state index in [1.54, 1.807) is 44.2 Å². The van der Waals surface area contributed by atoms with Gasteiger partial charge >= 0.3 is 13.8 Å². The molecule has 1 aromatic carbocycles. The van der Waals surface area contributed by atoms with Gasteiger partial charge in [0.05, 0.1) is 11.8 Å². The molecule has 112 valence electrons. The predicted octanol–water partition coefficient (Wildman–Crippen LogP) is 1.86. The third-order valence-corrected chi connectivity index (χ3v) is 2.64. The Morgan fingerprint density at radius 2 is 1.75 bits per heavy atom.